The van der Waals surface area contributed by atoms with Crippen molar-refractivity contribution in [3.8, 4) is 17.0 Å². The van der Waals surface area contributed by atoms with Gasteiger partial charge in [0.15, 0.2) is 5.78 Å². The van der Waals surface area contributed by atoms with Gasteiger partial charge in [-0.05, 0) is 24.3 Å². The lowest BCUT2D eigenvalue weighted by Crippen LogP contribution is -2.16. The summed E-state index contributed by atoms with van der Waals surface area (Å²) in [6.07, 6.45) is 6.58. The lowest BCUT2D eigenvalue weighted by molar-refractivity contribution is 0.0973. The molecule has 1 aromatic carbocycles. The van der Waals surface area contributed by atoms with Crippen molar-refractivity contribution in [3.63, 3.8) is 0 Å². The third kappa shape index (κ3) is 3.22. The van der Waals surface area contributed by atoms with Gasteiger partial charge in [0, 0.05) is 42.0 Å². The van der Waals surface area contributed by atoms with Gasteiger partial charge in [-0.25, -0.2) is 4.98 Å². The van der Waals surface area contributed by atoms with Crippen LogP contribution in [0.3, 0.4) is 0 Å². The molecular formula is C20H16N4O3. The fraction of sp³-hybridized carbons (Fsp3) is 0.100. The van der Waals surface area contributed by atoms with Crippen LogP contribution in [0.5, 0.6) is 5.75 Å². The third-order valence-corrected chi connectivity index (χ3v) is 4.27. The van der Waals surface area contributed by atoms with Crippen LogP contribution >= 0.6 is 0 Å². The van der Waals surface area contributed by atoms with Crippen molar-refractivity contribution in [2.45, 2.75) is 6.54 Å². The number of carbonyl (C=O) groups excluding carboxylic acids is 1. The number of hydrogen-bond acceptors (Lipinski definition) is 5. The number of ketones is 1. The first-order chi connectivity index (χ1) is 13.2. The smallest absolute Gasteiger partial charge is 0.259 e. The highest BCUT2D eigenvalue weighted by Crippen LogP contribution is 2.16. The number of nitrogens with zero attached hydrogens (tertiary/aromatic N) is 4. The average molecular weight is 360 g/mol. The molecule has 0 spiro atoms. The second-order valence-electron chi connectivity index (χ2n) is 5.97. The van der Waals surface area contributed by atoms with E-state index < -0.39 is 0 Å². The van der Waals surface area contributed by atoms with Crippen LogP contribution in [0.15, 0.2) is 72.0 Å². The van der Waals surface area contributed by atoms with Gasteiger partial charge in [0.05, 0.1) is 19.3 Å². The van der Waals surface area contributed by atoms with E-state index in [1.54, 1.807) is 72.9 Å². The predicted octanol–water partition coefficient (Wildman–Crippen LogP) is 2.45. The number of hydrogen-bond donors (Lipinski definition) is 0. The van der Waals surface area contributed by atoms with Crippen LogP contribution in [0.4, 0.5) is 0 Å². The van der Waals surface area contributed by atoms with Gasteiger partial charge in [-0.15, -0.1) is 0 Å². The summed E-state index contributed by atoms with van der Waals surface area (Å²) in [7, 11) is 1.56. The Labute approximate surface area is 154 Å². The van der Waals surface area contributed by atoms with Crippen molar-refractivity contribution < 1.29 is 9.53 Å². The zero-order valence-corrected chi connectivity index (χ0v) is 14.6. The van der Waals surface area contributed by atoms with E-state index in [4.69, 9.17) is 4.74 Å². The topological polar surface area (TPSA) is 78.5 Å². The molecule has 0 bridgehead atoms. The molecule has 0 amide bonds. The number of aromatic nitrogens is 4. The Kier molecular flexibility index (Phi) is 4.25. The summed E-state index contributed by atoms with van der Waals surface area (Å²) in [4.78, 5) is 33.6. The van der Waals surface area contributed by atoms with Crippen molar-refractivity contribution in [1.82, 2.24) is 18.9 Å². The summed E-state index contributed by atoms with van der Waals surface area (Å²) < 4.78 is 8.25. The second kappa shape index (κ2) is 6.87. The van der Waals surface area contributed by atoms with Crippen LogP contribution in [0.2, 0.25) is 0 Å². The molecule has 4 rings (SSSR count). The van der Waals surface area contributed by atoms with Crippen LogP contribution in [-0.4, -0.2) is 31.8 Å². The van der Waals surface area contributed by atoms with Crippen LogP contribution < -0.4 is 10.3 Å². The van der Waals surface area contributed by atoms with E-state index in [1.807, 2.05) is 0 Å². The zero-order valence-electron chi connectivity index (χ0n) is 14.6. The Bertz CT molecular complexity index is 1180. The Hall–Kier alpha value is -3.74. The Morgan fingerprint density at radius 3 is 2.70 bits per heavy atom. The van der Waals surface area contributed by atoms with Crippen molar-refractivity contribution in [1.29, 1.82) is 0 Å². The number of fused-ring (bicyclic) bond motifs is 1. The van der Waals surface area contributed by atoms with Gasteiger partial charge in [0.1, 0.15) is 5.75 Å². The highest BCUT2D eigenvalue weighted by Gasteiger charge is 2.13. The molecule has 134 valence electrons. The highest BCUT2D eigenvalue weighted by atomic mass is 16.5. The number of rotatable bonds is 5. The van der Waals surface area contributed by atoms with E-state index in [9.17, 15) is 9.59 Å². The summed E-state index contributed by atoms with van der Waals surface area (Å²) in [5.41, 5.74) is 1.65. The van der Waals surface area contributed by atoms with Crippen LogP contribution in [0.1, 0.15) is 10.4 Å². The first-order valence-corrected chi connectivity index (χ1v) is 8.32. The molecule has 0 radical (unpaired) electrons. The molecule has 0 N–H and O–H groups in total. The average Bonchev–Trinajstić information content (AvgIpc) is 3.12. The second-order valence-corrected chi connectivity index (χ2v) is 5.97. The van der Waals surface area contributed by atoms with Gasteiger partial charge < -0.3 is 9.30 Å². The lowest BCUT2D eigenvalue weighted by atomic mass is 10.1. The lowest BCUT2D eigenvalue weighted by Gasteiger charge is -2.07. The minimum Gasteiger partial charge on any atom is -0.497 e. The SMILES string of the molecule is COc1cccc(C(=O)Cn2ccn3c(=O)cc(-c4ccncc4)nc23)c1. The van der Waals surface area contributed by atoms with E-state index in [0.717, 1.165) is 5.56 Å². The number of methoxy groups -OCH3 is 1. The molecule has 0 aliphatic heterocycles. The summed E-state index contributed by atoms with van der Waals surface area (Å²) >= 11 is 0. The molecule has 27 heavy (non-hydrogen) atoms. The Morgan fingerprint density at radius 1 is 1.11 bits per heavy atom. The third-order valence-electron chi connectivity index (χ3n) is 4.27. The first-order valence-electron chi connectivity index (χ1n) is 8.32. The molecule has 0 saturated carbocycles. The fourth-order valence-corrected chi connectivity index (χ4v) is 2.87. The van der Waals surface area contributed by atoms with E-state index in [-0.39, 0.29) is 17.9 Å². The van der Waals surface area contributed by atoms with Gasteiger partial charge in [-0.1, -0.05) is 12.1 Å². The number of pyridine rings is 1. The van der Waals surface area contributed by atoms with Crippen LogP contribution in [0, 0.1) is 0 Å². The Morgan fingerprint density at radius 2 is 1.93 bits per heavy atom. The molecule has 3 aromatic heterocycles. The molecule has 0 atom stereocenters. The molecule has 4 aromatic rings. The quantitative estimate of drug-likeness (QED) is 0.511. The molecule has 0 saturated heterocycles. The maximum atomic E-state index is 12.7. The largest absolute Gasteiger partial charge is 0.497 e. The van der Waals surface area contributed by atoms with Crippen molar-refractivity contribution in [2.24, 2.45) is 0 Å². The summed E-state index contributed by atoms with van der Waals surface area (Å²) in [5, 5.41) is 0. The fourth-order valence-electron chi connectivity index (χ4n) is 2.87. The van der Waals surface area contributed by atoms with Gasteiger partial charge in [0.25, 0.3) is 5.56 Å². The Balaban J connectivity index is 1.73. The summed E-state index contributed by atoms with van der Waals surface area (Å²) in [5.74, 6) is 0.925. The highest BCUT2D eigenvalue weighted by molar-refractivity contribution is 5.96. The number of ether oxygens (including phenoxy) is 1. The zero-order chi connectivity index (χ0) is 18.8. The monoisotopic (exact) mass is 360 g/mol. The maximum absolute atomic E-state index is 12.7. The van der Waals surface area contributed by atoms with Gasteiger partial charge in [-0.2, -0.15) is 0 Å². The van der Waals surface area contributed by atoms with Gasteiger partial charge >= 0.3 is 0 Å². The molecule has 0 unspecified atom stereocenters. The first kappa shape index (κ1) is 16.7. The van der Waals surface area contributed by atoms with Crippen molar-refractivity contribution in [3.05, 3.63) is 83.2 Å². The molecule has 3 heterocycles. The molecular weight excluding hydrogens is 344 g/mol. The summed E-state index contributed by atoms with van der Waals surface area (Å²) in [6.45, 7) is 0.0654. The number of Topliss-reactive ketones (excluding diaryl/α,β-unsaturated/α-hetero) is 1. The standard InChI is InChI=1S/C20H16N4O3/c1-27-16-4-2-3-15(11-16)18(25)13-23-9-10-24-19(26)12-17(22-20(23)24)14-5-7-21-8-6-14/h2-12H,13H2,1H3. The van der Waals surface area contributed by atoms with E-state index in [0.29, 0.717) is 22.8 Å². The predicted molar refractivity (Wildman–Crippen MR) is 100 cm³/mol. The maximum Gasteiger partial charge on any atom is 0.259 e. The van der Waals surface area contributed by atoms with Crippen LogP contribution in [0.25, 0.3) is 17.0 Å². The van der Waals surface area contributed by atoms with E-state index in [2.05, 4.69) is 9.97 Å². The molecule has 0 fully saturated rings. The van der Waals surface area contributed by atoms with E-state index >= 15 is 0 Å². The molecule has 0 aliphatic rings. The number of imidazole rings is 1. The van der Waals surface area contributed by atoms with Crippen molar-refractivity contribution >= 4 is 11.6 Å². The van der Waals surface area contributed by atoms with Crippen LogP contribution in [-0.2, 0) is 6.54 Å². The number of benzene rings is 1. The normalized spacial score (nSPS) is 10.9. The molecule has 0 aliphatic carbocycles. The van der Waals surface area contributed by atoms with Gasteiger partial charge in [-0.3, -0.25) is 19.0 Å². The minimum atomic E-state index is -0.209. The van der Waals surface area contributed by atoms with Gasteiger partial charge in [0.2, 0.25) is 5.78 Å². The van der Waals surface area contributed by atoms with E-state index in [1.165, 1.54) is 10.5 Å². The minimum absolute atomic E-state index is 0.0654. The number of carbonyl (C=O) groups is 1. The summed E-state index contributed by atoms with van der Waals surface area (Å²) in [6, 6.07) is 12.0. The molecule has 7 nitrogen and oxygen atoms in total. The van der Waals surface area contributed by atoms with Crippen molar-refractivity contribution in [2.75, 3.05) is 7.11 Å². The molecule has 7 heteroatoms.